The maximum atomic E-state index is 13.4. The number of anilines is 1. The van der Waals surface area contributed by atoms with Crippen LogP contribution in [0.2, 0.25) is 5.02 Å². The molecular formula is C20H17ClFNO2S2. The van der Waals surface area contributed by atoms with E-state index in [4.69, 9.17) is 28.6 Å². The molecule has 1 aliphatic rings. The van der Waals surface area contributed by atoms with E-state index in [0.717, 1.165) is 11.3 Å². The SMILES string of the molecule is CC(C)COc1ccc(/C=C2\SC(=S)N(c3ccc(F)c(Cl)c3)C2=O)cc1. The minimum Gasteiger partial charge on any atom is -0.493 e. The number of ether oxygens (including phenoxy) is 1. The fourth-order valence-corrected chi connectivity index (χ4v) is 3.86. The van der Waals surface area contributed by atoms with Crippen molar-refractivity contribution in [2.45, 2.75) is 13.8 Å². The zero-order chi connectivity index (χ0) is 19.6. The Morgan fingerprint density at radius 2 is 1.96 bits per heavy atom. The summed E-state index contributed by atoms with van der Waals surface area (Å²) in [7, 11) is 0. The van der Waals surface area contributed by atoms with Crippen molar-refractivity contribution < 1.29 is 13.9 Å². The van der Waals surface area contributed by atoms with Gasteiger partial charge in [-0.3, -0.25) is 9.69 Å². The monoisotopic (exact) mass is 421 g/mol. The minimum atomic E-state index is -0.541. The van der Waals surface area contributed by atoms with Crippen LogP contribution in [0.25, 0.3) is 6.08 Å². The number of amides is 1. The first-order valence-electron chi connectivity index (χ1n) is 8.31. The highest BCUT2D eigenvalue weighted by Gasteiger charge is 2.33. The molecule has 3 nitrogen and oxygen atoms in total. The predicted molar refractivity (Wildman–Crippen MR) is 114 cm³/mol. The maximum Gasteiger partial charge on any atom is 0.270 e. The van der Waals surface area contributed by atoms with Crippen LogP contribution in [0.15, 0.2) is 47.4 Å². The fourth-order valence-electron chi connectivity index (χ4n) is 2.39. The Labute approximate surface area is 172 Å². The van der Waals surface area contributed by atoms with E-state index in [-0.39, 0.29) is 10.9 Å². The van der Waals surface area contributed by atoms with Gasteiger partial charge in [0, 0.05) is 0 Å². The highest BCUT2D eigenvalue weighted by Crippen LogP contribution is 2.37. The van der Waals surface area contributed by atoms with Crippen LogP contribution in [0.5, 0.6) is 5.75 Å². The standard InChI is InChI=1S/C20H17ClFNO2S2/c1-12(2)11-25-15-6-3-13(4-7-15)9-18-19(24)23(20(26)27-18)14-5-8-17(22)16(21)10-14/h3-10,12H,11H2,1-2H3/b18-9-. The van der Waals surface area contributed by atoms with Crippen molar-refractivity contribution in [2.75, 3.05) is 11.5 Å². The second-order valence-corrected chi connectivity index (χ2v) is 8.47. The summed E-state index contributed by atoms with van der Waals surface area (Å²) in [5.74, 6) is 0.439. The molecule has 27 heavy (non-hydrogen) atoms. The Morgan fingerprint density at radius 3 is 2.59 bits per heavy atom. The maximum absolute atomic E-state index is 13.4. The lowest BCUT2D eigenvalue weighted by atomic mass is 10.2. The van der Waals surface area contributed by atoms with Gasteiger partial charge in [-0.2, -0.15) is 0 Å². The lowest BCUT2D eigenvalue weighted by molar-refractivity contribution is -0.113. The zero-order valence-electron chi connectivity index (χ0n) is 14.7. The lowest BCUT2D eigenvalue weighted by Gasteiger charge is -2.14. The van der Waals surface area contributed by atoms with E-state index in [1.807, 2.05) is 24.3 Å². The van der Waals surface area contributed by atoms with E-state index in [0.29, 0.717) is 27.4 Å². The molecule has 0 saturated carbocycles. The molecule has 2 aromatic carbocycles. The van der Waals surface area contributed by atoms with Crippen molar-refractivity contribution in [1.82, 2.24) is 0 Å². The van der Waals surface area contributed by atoms with Crippen LogP contribution >= 0.6 is 35.6 Å². The summed E-state index contributed by atoms with van der Waals surface area (Å²) >= 11 is 12.3. The van der Waals surface area contributed by atoms with Crippen LogP contribution in [0.1, 0.15) is 19.4 Å². The van der Waals surface area contributed by atoms with Gasteiger partial charge in [-0.15, -0.1) is 0 Å². The second-order valence-electron chi connectivity index (χ2n) is 6.39. The number of rotatable bonds is 5. The average molecular weight is 422 g/mol. The molecule has 0 aliphatic carbocycles. The van der Waals surface area contributed by atoms with E-state index in [1.165, 1.54) is 34.9 Å². The molecule has 1 amide bonds. The molecule has 0 unspecified atom stereocenters. The fraction of sp³-hybridized carbons (Fsp3) is 0.200. The van der Waals surface area contributed by atoms with E-state index in [2.05, 4.69) is 13.8 Å². The number of halogens is 2. The average Bonchev–Trinajstić information content (AvgIpc) is 2.90. The Kier molecular flexibility index (Phi) is 6.19. The van der Waals surface area contributed by atoms with Crippen molar-refractivity contribution in [3.05, 3.63) is 63.8 Å². The second kappa shape index (κ2) is 8.42. The third-order valence-corrected chi connectivity index (χ3v) is 5.31. The van der Waals surface area contributed by atoms with Gasteiger partial charge in [-0.1, -0.05) is 61.6 Å². The molecule has 1 saturated heterocycles. The molecule has 140 valence electrons. The third-order valence-electron chi connectivity index (χ3n) is 3.72. The van der Waals surface area contributed by atoms with Gasteiger partial charge in [-0.25, -0.2) is 4.39 Å². The Balaban J connectivity index is 1.78. The van der Waals surface area contributed by atoms with Gasteiger partial charge < -0.3 is 4.74 Å². The highest BCUT2D eigenvalue weighted by atomic mass is 35.5. The zero-order valence-corrected chi connectivity index (χ0v) is 17.1. The molecular weight excluding hydrogens is 405 g/mol. The van der Waals surface area contributed by atoms with Gasteiger partial charge >= 0.3 is 0 Å². The van der Waals surface area contributed by atoms with Crippen LogP contribution < -0.4 is 9.64 Å². The topological polar surface area (TPSA) is 29.5 Å². The van der Waals surface area contributed by atoms with Crippen molar-refractivity contribution >= 4 is 57.6 Å². The van der Waals surface area contributed by atoms with Crippen LogP contribution in [0.3, 0.4) is 0 Å². The van der Waals surface area contributed by atoms with Crippen molar-refractivity contribution in [3.8, 4) is 5.75 Å². The van der Waals surface area contributed by atoms with Gasteiger partial charge in [-0.05, 0) is 47.9 Å². The first-order chi connectivity index (χ1) is 12.8. The molecule has 0 radical (unpaired) electrons. The first-order valence-corrected chi connectivity index (χ1v) is 9.91. The minimum absolute atomic E-state index is 0.0532. The molecule has 1 heterocycles. The lowest BCUT2D eigenvalue weighted by Crippen LogP contribution is -2.27. The molecule has 1 fully saturated rings. The molecule has 0 aromatic heterocycles. The van der Waals surface area contributed by atoms with Crippen molar-refractivity contribution in [1.29, 1.82) is 0 Å². The molecule has 0 spiro atoms. The molecule has 0 bridgehead atoms. The van der Waals surface area contributed by atoms with Crippen LogP contribution in [-0.4, -0.2) is 16.8 Å². The van der Waals surface area contributed by atoms with E-state index < -0.39 is 5.82 Å². The van der Waals surface area contributed by atoms with Crippen LogP contribution in [0, 0.1) is 11.7 Å². The van der Waals surface area contributed by atoms with Gasteiger partial charge in [0.2, 0.25) is 0 Å². The van der Waals surface area contributed by atoms with Crippen LogP contribution in [-0.2, 0) is 4.79 Å². The number of thioether (sulfide) groups is 1. The Bertz CT molecular complexity index is 913. The van der Waals surface area contributed by atoms with E-state index >= 15 is 0 Å². The van der Waals surface area contributed by atoms with E-state index in [9.17, 15) is 9.18 Å². The predicted octanol–water partition coefficient (Wildman–Crippen LogP) is 5.92. The molecule has 1 aliphatic heterocycles. The summed E-state index contributed by atoms with van der Waals surface area (Å²) in [5, 5.41) is -0.0532. The number of hydrogen-bond donors (Lipinski definition) is 0. The number of benzene rings is 2. The van der Waals surface area contributed by atoms with Gasteiger partial charge in [0.1, 0.15) is 11.6 Å². The number of carbonyl (C=O) groups excluding carboxylic acids is 1. The summed E-state index contributed by atoms with van der Waals surface area (Å²) in [6, 6.07) is 11.6. The largest absolute Gasteiger partial charge is 0.493 e. The summed E-state index contributed by atoms with van der Waals surface area (Å²) < 4.78 is 19.4. The van der Waals surface area contributed by atoms with Gasteiger partial charge in [0.25, 0.3) is 5.91 Å². The summed E-state index contributed by atoms with van der Waals surface area (Å²) in [4.78, 5) is 14.6. The van der Waals surface area contributed by atoms with E-state index in [1.54, 1.807) is 6.08 Å². The van der Waals surface area contributed by atoms with Crippen LogP contribution in [0.4, 0.5) is 10.1 Å². The quantitative estimate of drug-likeness (QED) is 0.442. The molecule has 0 atom stereocenters. The summed E-state index contributed by atoms with van der Waals surface area (Å²) in [6.45, 7) is 4.83. The molecule has 2 aromatic rings. The highest BCUT2D eigenvalue weighted by molar-refractivity contribution is 8.27. The smallest absolute Gasteiger partial charge is 0.270 e. The number of thiocarbonyl (C=S) groups is 1. The normalized spacial score (nSPS) is 15.9. The van der Waals surface area contributed by atoms with Gasteiger partial charge in [0.15, 0.2) is 4.32 Å². The number of nitrogens with zero attached hydrogens (tertiary/aromatic N) is 1. The number of hydrogen-bond acceptors (Lipinski definition) is 4. The first kappa shape index (κ1) is 19.9. The third kappa shape index (κ3) is 4.69. The Hall–Kier alpha value is -1.89. The molecule has 0 N–H and O–H groups in total. The summed E-state index contributed by atoms with van der Waals surface area (Å²) in [5.41, 5.74) is 1.31. The number of carbonyl (C=O) groups is 1. The molecule has 7 heteroatoms. The van der Waals surface area contributed by atoms with Gasteiger partial charge in [0.05, 0.1) is 22.2 Å². The Morgan fingerprint density at radius 1 is 1.26 bits per heavy atom. The molecule has 3 rings (SSSR count). The summed E-state index contributed by atoms with van der Waals surface area (Å²) in [6.07, 6.45) is 1.77. The van der Waals surface area contributed by atoms with Crippen molar-refractivity contribution in [2.24, 2.45) is 5.92 Å². The van der Waals surface area contributed by atoms with Crippen molar-refractivity contribution in [3.63, 3.8) is 0 Å².